The van der Waals surface area contributed by atoms with Crippen molar-refractivity contribution >= 4 is 33.9 Å². The van der Waals surface area contributed by atoms with E-state index < -0.39 is 4.92 Å². The molecule has 2 aromatic carbocycles. The van der Waals surface area contributed by atoms with Crippen molar-refractivity contribution in [1.29, 1.82) is 0 Å². The Morgan fingerprint density at radius 1 is 1.21 bits per heavy atom. The van der Waals surface area contributed by atoms with Gasteiger partial charge in [-0.05, 0) is 30.7 Å². The van der Waals surface area contributed by atoms with Crippen LogP contribution in [0.2, 0.25) is 0 Å². The van der Waals surface area contributed by atoms with Crippen LogP contribution in [0.4, 0.5) is 23.0 Å². The minimum absolute atomic E-state index is 0.123. The Hall–Kier alpha value is -3.94. The summed E-state index contributed by atoms with van der Waals surface area (Å²) in [5, 5.41) is 15.4. The van der Waals surface area contributed by atoms with Crippen molar-refractivity contribution in [1.82, 2.24) is 14.5 Å². The van der Waals surface area contributed by atoms with E-state index >= 15 is 0 Å². The van der Waals surface area contributed by atoms with E-state index in [0.717, 1.165) is 27.7 Å². The minimum Gasteiger partial charge on any atom is -0.398 e. The largest absolute Gasteiger partial charge is 0.398 e. The predicted molar refractivity (Wildman–Crippen MR) is 109 cm³/mol. The molecule has 0 spiro atoms. The Morgan fingerprint density at radius 3 is 2.79 bits per heavy atom. The Labute approximate surface area is 160 Å². The number of anilines is 3. The highest BCUT2D eigenvalue weighted by Gasteiger charge is 2.17. The molecule has 8 heteroatoms. The minimum atomic E-state index is -0.479. The van der Waals surface area contributed by atoms with Gasteiger partial charge in [-0.25, -0.2) is 9.97 Å². The molecule has 0 aliphatic carbocycles. The highest BCUT2D eigenvalue weighted by atomic mass is 16.6. The standard InChI is InChI=1S/C20H18N6O2/c1-12-9-17(19(26(27)28)10-15(12)21)24-20-22-8-7-16(23-20)14-11-25(2)18-6-4-3-5-13(14)18/h3-11H,21H2,1-2H3,(H,22,23,24). The molecule has 0 saturated heterocycles. The van der Waals surface area contributed by atoms with Crippen LogP contribution in [0.1, 0.15) is 5.56 Å². The number of nitro groups is 1. The number of hydrogen-bond acceptors (Lipinski definition) is 6. The predicted octanol–water partition coefficient (Wildman–Crippen LogP) is 4.18. The molecule has 0 amide bonds. The molecule has 0 saturated carbocycles. The first-order chi connectivity index (χ1) is 13.4. The van der Waals surface area contributed by atoms with Gasteiger partial charge in [-0.2, -0.15) is 0 Å². The topological polar surface area (TPSA) is 112 Å². The second-order valence-electron chi connectivity index (χ2n) is 6.54. The Kier molecular flexibility index (Phi) is 4.15. The van der Waals surface area contributed by atoms with Crippen molar-refractivity contribution < 1.29 is 4.92 Å². The number of nitrogens with zero attached hydrogens (tertiary/aromatic N) is 4. The second kappa shape index (κ2) is 6.66. The molecule has 8 nitrogen and oxygen atoms in total. The molecule has 0 bridgehead atoms. The summed E-state index contributed by atoms with van der Waals surface area (Å²) in [6.07, 6.45) is 3.63. The van der Waals surface area contributed by atoms with Crippen LogP contribution in [0.5, 0.6) is 0 Å². The van der Waals surface area contributed by atoms with Crippen molar-refractivity contribution in [2.45, 2.75) is 6.92 Å². The lowest BCUT2D eigenvalue weighted by Crippen LogP contribution is -2.03. The van der Waals surface area contributed by atoms with Gasteiger partial charge in [0.15, 0.2) is 0 Å². The van der Waals surface area contributed by atoms with Gasteiger partial charge in [0.1, 0.15) is 5.69 Å². The third-order valence-corrected chi connectivity index (χ3v) is 4.66. The summed E-state index contributed by atoms with van der Waals surface area (Å²) in [6, 6.07) is 12.8. The molecule has 2 aromatic heterocycles. The Balaban J connectivity index is 1.76. The molecule has 28 heavy (non-hydrogen) atoms. The number of rotatable bonds is 4. The van der Waals surface area contributed by atoms with Crippen LogP contribution in [0.3, 0.4) is 0 Å². The van der Waals surface area contributed by atoms with Gasteiger partial charge in [-0.15, -0.1) is 0 Å². The monoisotopic (exact) mass is 374 g/mol. The van der Waals surface area contributed by atoms with E-state index in [1.165, 1.54) is 6.07 Å². The first kappa shape index (κ1) is 17.5. The molecule has 4 rings (SSSR count). The van der Waals surface area contributed by atoms with Crippen LogP contribution in [-0.4, -0.2) is 19.5 Å². The van der Waals surface area contributed by atoms with E-state index in [4.69, 9.17) is 5.73 Å². The third-order valence-electron chi connectivity index (χ3n) is 4.66. The normalized spacial score (nSPS) is 10.9. The van der Waals surface area contributed by atoms with Gasteiger partial charge in [0.2, 0.25) is 5.95 Å². The van der Waals surface area contributed by atoms with E-state index in [2.05, 4.69) is 15.3 Å². The van der Waals surface area contributed by atoms with Gasteiger partial charge < -0.3 is 15.6 Å². The lowest BCUT2D eigenvalue weighted by molar-refractivity contribution is -0.383. The van der Waals surface area contributed by atoms with Crippen molar-refractivity contribution in [3.8, 4) is 11.3 Å². The van der Waals surface area contributed by atoms with Crippen molar-refractivity contribution in [2.24, 2.45) is 7.05 Å². The zero-order valence-electron chi connectivity index (χ0n) is 15.4. The van der Waals surface area contributed by atoms with E-state index in [-0.39, 0.29) is 11.6 Å². The van der Waals surface area contributed by atoms with Crippen molar-refractivity contribution in [3.05, 3.63) is 70.5 Å². The van der Waals surface area contributed by atoms with Gasteiger partial charge in [0, 0.05) is 47.7 Å². The summed E-state index contributed by atoms with van der Waals surface area (Å²) in [5.41, 5.74) is 9.87. The maximum absolute atomic E-state index is 11.4. The summed E-state index contributed by atoms with van der Waals surface area (Å²) in [6.45, 7) is 1.79. The number of aryl methyl sites for hydroxylation is 2. The Morgan fingerprint density at radius 2 is 2.00 bits per heavy atom. The fourth-order valence-electron chi connectivity index (χ4n) is 3.20. The SMILES string of the molecule is Cc1cc(Nc2nccc(-c3cn(C)c4ccccc34)n2)c([N+](=O)[O-])cc1N. The number of nitro benzene ring substituents is 1. The maximum Gasteiger partial charge on any atom is 0.294 e. The zero-order valence-corrected chi connectivity index (χ0v) is 15.4. The molecule has 0 aliphatic rings. The first-order valence-electron chi connectivity index (χ1n) is 8.63. The van der Waals surface area contributed by atoms with Gasteiger partial charge in [-0.1, -0.05) is 18.2 Å². The summed E-state index contributed by atoms with van der Waals surface area (Å²) in [5.74, 6) is 0.276. The van der Waals surface area contributed by atoms with Gasteiger partial charge in [0.05, 0.1) is 10.6 Å². The van der Waals surface area contributed by atoms with E-state index in [9.17, 15) is 10.1 Å². The lowest BCUT2D eigenvalue weighted by Gasteiger charge is -2.09. The Bertz CT molecular complexity index is 1210. The lowest BCUT2D eigenvalue weighted by atomic mass is 10.1. The third kappa shape index (κ3) is 3.01. The number of nitrogens with two attached hydrogens (primary N) is 1. The average molecular weight is 374 g/mol. The molecule has 3 N–H and O–H groups in total. The van der Waals surface area contributed by atoms with Gasteiger partial charge in [-0.3, -0.25) is 10.1 Å². The summed E-state index contributed by atoms with van der Waals surface area (Å²) >= 11 is 0. The molecule has 4 aromatic rings. The average Bonchev–Trinajstić information content (AvgIpc) is 3.02. The van der Waals surface area contributed by atoms with Crippen LogP contribution in [-0.2, 0) is 7.05 Å². The van der Waals surface area contributed by atoms with Gasteiger partial charge >= 0.3 is 0 Å². The zero-order chi connectivity index (χ0) is 19.8. The quantitative estimate of drug-likeness (QED) is 0.315. The number of nitrogens with one attached hydrogen (secondary N) is 1. The highest BCUT2D eigenvalue weighted by Crippen LogP contribution is 2.32. The number of hydrogen-bond donors (Lipinski definition) is 2. The molecule has 0 atom stereocenters. The second-order valence-corrected chi connectivity index (χ2v) is 6.54. The fourth-order valence-corrected chi connectivity index (χ4v) is 3.20. The van der Waals surface area contributed by atoms with Crippen molar-refractivity contribution in [2.75, 3.05) is 11.1 Å². The van der Waals surface area contributed by atoms with Crippen molar-refractivity contribution in [3.63, 3.8) is 0 Å². The summed E-state index contributed by atoms with van der Waals surface area (Å²) < 4.78 is 2.04. The van der Waals surface area contributed by atoms with E-state index in [1.54, 1.807) is 19.2 Å². The highest BCUT2D eigenvalue weighted by molar-refractivity contribution is 5.95. The first-order valence-corrected chi connectivity index (χ1v) is 8.63. The number of fused-ring (bicyclic) bond motifs is 1. The van der Waals surface area contributed by atoms with E-state index in [0.29, 0.717) is 11.4 Å². The molecule has 140 valence electrons. The van der Waals surface area contributed by atoms with Crippen LogP contribution in [0, 0.1) is 17.0 Å². The number of nitrogen functional groups attached to an aromatic ring is 1. The van der Waals surface area contributed by atoms with Crippen LogP contribution < -0.4 is 11.1 Å². The molecular formula is C20H18N6O2. The van der Waals surface area contributed by atoms with Crippen LogP contribution >= 0.6 is 0 Å². The van der Waals surface area contributed by atoms with E-state index in [1.807, 2.05) is 48.1 Å². The molecule has 2 heterocycles. The molecule has 0 unspecified atom stereocenters. The van der Waals surface area contributed by atoms with Gasteiger partial charge in [0.25, 0.3) is 5.69 Å². The summed E-state index contributed by atoms with van der Waals surface area (Å²) in [4.78, 5) is 19.7. The maximum atomic E-state index is 11.4. The summed E-state index contributed by atoms with van der Waals surface area (Å²) in [7, 11) is 1.98. The molecular weight excluding hydrogens is 356 g/mol. The molecule has 0 aliphatic heterocycles. The molecule has 0 radical (unpaired) electrons. The number of aromatic nitrogens is 3. The smallest absolute Gasteiger partial charge is 0.294 e. The number of para-hydroxylation sites is 1. The van der Waals surface area contributed by atoms with Crippen LogP contribution in [0.25, 0.3) is 22.2 Å². The van der Waals surface area contributed by atoms with Crippen LogP contribution in [0.15, 0.2) is 54.9 Å². The fraction of sp³-hybridized carbons (Fsp3) is 0.100. The number of benzene rings is 2. The molecule has 0 fully saturated rings.